The number of para-hydroxylation sites is 1. The number of benzene rings is 2. The van der Waals surface area contributed by atoms with Crippen LogP contribution in [0.1, 0.15) is 23.5 Å². The molecule has 0 bridgehead atoms. The number of carbonyl (C=O) groups is 1. The van der Waals surface area contributed by atoms with Crippen molar-refractivity contribution < 1.29 is 9.18 Å². The fourth-order valence-electron chi connectivity index (χ4n) is 3.37. The van der Waals surface area contributed by atoms with Crippen LogP contribution in [0.5, 0.6) is 0 Å². The fraction of sp³-hybridized carbons (Fsp3) is 0.105. The quantitative estimate of drug-likeness (QED) is 0.482. The van der Waals surface area contributed by atoms with Crippen LogP contribution in [0.4, 0.5) is 10.2 Å². The van der Waals surface area contributed by atoms with Gasteiger partial charge in [0.15, 0.2) is 0 Å². The first-order chi connectivity index (χ1) is 13.1. The number of halogens is 2. The van der Waals surface area contributed by atoms with Crippen LogP contribution >= 0.6 is 27.3 Å². The van der Waals surface area contributed by atoms with Crippen LogP contribution < -0.4 is 5.32 Å². The predicted octanol–water partition coefficient (Wildman–Crippen LogP) is 4.86. The van der Waals surface area contributed by atoms with E-state index in [0.29, 0.717) is 16.5 Å². The number of anilines is 1. The summed E-state index contributed by atoms with van der Waals surface area (Å²) in [6, 6.07) is 12.6. The third kappa shape index (κ3) is 2.76. The average Bonchev–Trinajstić information content (AvgIpc) is 3.26. The first-order valence-corrected chi connectivity index (χ1v) is 9.90. The number of nitrogens with zero attached hydrogens (tertiary/aromatic N) is 3. The first kappa shape index (κ1) is 16.6. The molecule has 134 valence electrons. The Morgan fingerprint density at radius 1 is 1.22 bits per heavy atom. The minimum absolute atomic E-state index is 0.172. The van der Waals surface area contributed by atoms with Gasteiger partial charge in [-0.15, -0.1) is 0 Å². The van der Waals surface area contributed by atoms with Gasteiger partial charge in [-0.3, -0.25) is 4.79 Å². The van der Waals surface area contributed by atoms with Crippen molar-refractivity contribution in [1.29, 1.82) is 0 Å². The topological polar surface area (TPSA) is 59.8 Å². The van der Waals surface area contributed by atoms with Gasteiger partial charge in [-0.25, -0.2) is 9.37 Å². The van der Waals surface area contributed by atoms with E-state index < -0.39 is 5.92 Å². The summed E-state index contributed by atoms with van der Waals surface area (Å²) in [4.78, 5) is 17.0. The first-order valence-electron chi connectivity index (χ1n) is 8.29. The van der Waals surface area contributed by atoms with E-state index >= 15 is 0 Å². The number of nitrogens with one attached hydrogen (secondary N) is 1. The number of carbonyl (C=O) groups excluding carboxylic acids is 1. The van der Waals surface area contributed by atoms with Crippen LogP contribution in [-0.2, 0) is 4.79 Å². The van der Waals surface area contributed by atoms with E-state index in [4.69, 9.17) is 0 Å². The number of fused-ring (bicyclic) bond motifs is 2. The zero-order valence-corrected chi connectivity index (χ0v) is 16.2. The van der Waals surface area contributed by atoms with Crippen molar-refractivity contribution in [2.75, 3.05) is 5.32 Å². The van der Waals surface area contributed by atoms with Gasteiger partial charge in [0.25, 0.3) is 0 Å². The molecule has 0 unspecified atom stereocenters. The second-order valence-electron chi connectivity index (χ2n) is 6.30. The maximum absolute atomic E-state index is 14.5. The highest BCUT2D eigenvalue weighted by molar-refractivity contribution is 9.10. The number of hydrogen-bond donors (Lipinski definition) is 1. The summed E-state index contributed by atoms with van der Waals surface area (Å²) >= 11 is 4.87. The fourth-order valence-corrected chi connectivity index (χ4v) is 4.68. The molecule has 0 fully saturated rings. The van der Waals surface area contributed by atoms with E-state index in [-0.39, 0.29) is 18.1 Å². The van der Waals surface area contributed by atoms with Gasteiger partial charge in [-0.1, -0.05) is 39.4 Å². The molecule has 5 nitrogen and oxygen atoms in total. The molecular weight excluding hydrogens is 431 g/mol. The molecule has 27 heavy (non-hydrogen) atoms. The minimum Gasteiger partial charge on any atom is -0.310 e. The van der Waals surface area contributed by atoms with Crippen LogP contribution in [0.3, 0.4) is 0 Å². The molecule has 4 aromatic rings. The van der Waals surface area contributed by atoms with Crippen molar-refractivity contribution in [2.45, 2.75) is 12.3 Å². The molecule has 1 atom stereocenters. The second kappa shape index (κ2) is 6.24. The van der Waals surface area contributed by atoms with Gasteiger partial charge in [0.2, 0.25) is 11.0 Å². The summed E-state index contributed by atoms with van der Waals surface area (Å²) in [6.45, 7) is 0. The molecule has 0 saturated heterocycles. The molecular formula is C19H12BrFN4OS. The summed E-state index contributed by atoms with van der Waals surface area (Å²) in [6.07, 6.45) is 1.86. The lowest BCUT2D eigenvalue weighted by Gasteiger charge is -2.23. The third-order valence-electron chi connectivity index (χ3n) is 4.62. The van der Waals surface area contributed by atoms with Gasteiger partial charge >= 0.3 is 0 Å². The molecule has 0 aliphatic carbocycles. The van der Waals surface area contributed by atoms with Crippen LogP contribution in [0.15, 0.2) is 53.1 Å². The van der Waals surface area contributed by atoms with Gasteiger partial charge in [0.1, 0.15) is 11.6 Å². The molecule has 1 aliphatic heterocycles. The Hall–Kier alpha value is -2.58. The molecule has 2 aromatic heterocycles. The number of hydrogen-bond acceptors (Lipinski definition) is 4. The highest BCUT2D eigenvalue weighted by Crippen LogP contribution is 2.40. The van der Waals surface area contributed by atoms with Gasteiger partial charge in [0, 0.05) is 22.4 Å². The smallest absolute Gasteiger partial charge is 0.226 e. The zero-order chi connectivity index (χ0) is 18.5. The SMILES string of the molecule is O=C1C[C@H](c2cc(Br)ccc2F)c2cnn(-c3nc4ccccc4s3)c2N1. The van der Waals surface area contributed by atoms with Crippen molar-refractivity contribution in [1.82, 2.24) is 14.8 Å². The van der Waals surface area contributed by atoms with Gasteiger partial charge < -0.3 is 5.32 Å². The summed E-state index contributed by atoms with van der Waals surface area (Å²) in [5.41, 5.74) is 2.13. The minimum atomic E-state index is -0.394. The van der Waals surface area contributed by atoms with E-state index in [1.54, 1.807) is 23.0 Å². The monoisotopic (exact) mass is 442 g/mol. The molecule has 3 heterocycles. The molecule has 8 heteroatoms. The lowest BCUT2D eigenvalue weighted by Crippen LogP contribution is -2.25. The standard InChI is InChI=1S/C19H12BrFN4OS/c20-10-5-6-14(21)12(7-10)11-8-17(26)24-18-13(11)9-22-25(18)19-23-15-3-1-2-4-16(15)27-19/h1-7,9,11H,8H2,(H,24,26)/t11-/m1/s1. The van der Waals surface area contributed by atoms with Crippen molar-refractivity contribution in [3.8, 4) is 5.13 Å². The third-order valence-corrected chi connectivity index (χ3v) is 6.12. The Morgan fingerprint density at radius 2 is 2.07 bits per heavy atom. The van der Waals surface area contributed by atoms with Crippen LogP contribution in [-0.4, -0.2) is 20.7 Å². The van der Waals surface area contributed by atoms with Crippen LogP contribution in [0.25, 0.3) is 15.3 Å². The second-order valence-corrected chi connectivity index (χ2v) is 8.22. The summed E-state index contributed by atoms with van der Waals surface area (Å²) < 4.78 is 17.9. The number of thiazole rings is 1. The average molecular weight is 443 g/mol. The molecule has 0 radical (unpaired) electrons. The van der Waals surface area contributed by atoms with Crippen molar-refractivity contribution in [3.63, 3.8) is 0 Å². The van der Waals surface area contributed by atoms with Crippen molar-refractivity contribution in [2.24, 2.45) is 0 Å². The molecule has 5 rings (SSSR count). The predicted molar refractivity (Wildman–Crippen MR) is 106 cm³/mol. The Bertz CT molecular complexity index is 1170. The Balaban J connectivity index is 1.66. The highest BCUT2D eigenvalue weighted by atomic mass is 79.9. The summed E-state index contributed by atoms with van der Waals surface area (Å²) in [7, 11) is 0. The molecule has 1 N–H and O–H groups in total. The largest absolute Gasteiger partial charge is 0.310 e. The molecule has 2 aromatic carbocycles. The summed E-state index contributed by atoms with van der Waals surface area (Å²) in [5, 5.41) is 7.98. The lowest BCUT2D eigenvalue weighted by atomic mass is 9.87. The number of rotatable bonds is 2. The van der Waals surface area contributed by atoms with Gasteiger partial charge in [-0.05, 0) is 35.9 Å². The van der Waals surface area contributed by atoms with E-state index in [1.807, 2.05) is 24.3 Å². The van der Waals surface area contributed by atoms with E-state index in [9.17, 15) is 9.18 Å². The lowest BCUT2D eigenvalue weighted by molar-refractivity contribution is -0.116. The molecule has 0 spiro atoms. The van der Waals surface area contributed by atoms with Crippen LogP contribution in [0, 0.1) is 5.82 Å². The van der Waals surface area contributed by atoms with Gasteiger partial charge in [-0.2, -0.15) is 9.78 Å². The van der Waals surface area contributed by atoms with Crippen molar-refractivity contribution >= 4 is 49.2 Å². The van der Waals surface area contributed by atoms with E-state index in [0.717, 1.165) is 20.3 Å². The van der Waals surface area contributed by atoms with Gasteiger partial charge in [0.05, 0.1) is 16.4 Å². The maximum Gasteiger partial charge on any atom is 0.226 e. The number of aromatic nitrogens is 3. The summed E-state index contributed by atoms with van der Waals surface area (Å²) in [5.74, 6) is -0.351. The number of amides is 1. The van der Waals surface area contributed by atoms with E-state index in [1.165, 1.54) is 17.4 Å². The van der Waals surface area contributed by atoms with Crippen LogP contribution in [0.2, 0.25) is 0 Å². The zero-order valence-electron chi connectivity index (χ0n) is 13.8. The maximum atomic E-state index is 14.5. The Morgan fingerprint density at radius 3 is 2.93 bits per heavy atom. The highest BCUT2D eigenvalue weighted by Gasteiger charge is 2.32. The Labute approximate surface area is 166 Å². The molecule has 1 aliphatic rings. The van der Waals surface area contributed by atoms with Crippen molar-refractivity contribution in [3.05, 3.63) is 70.1 Å². The van der Waals surface area contributed by atoms with E-state index in [2.05, 4.69) is 31.3 Å². The normalized spacial score (nSPS) is 16.4. The Kier molecular flexibility index (Phi) is 3.84. The molecule has 1 amide bonds. The molecule has 0 saturated carbocycles.